The summed E-state index contributed by atoms with van der Waals surface area (Å²) in [6.45, 7) is 3.56. The third kappa shape index (κ3) is 4.63. The van der Waals surface area contributed by atoms with Crippen molar-refractivity contribution in [2.45, 2.75) is 25.7 Å². The predicted octanol–water partition coefficient (Wildman–Crippen LogP) is 6.14. The van der Waals surface area contributed by atoms with Gasteiger partial charge in [-0.05, 0) is 59.8 Å². The van der Waals surface area contributed by atoms with Crippen LogP contribution in [0, 0.1) is 5.92 Å². The molecule has 3 heteroatoms. The Morgan fingerprint density at radius 2 is 1.88 bits per heavy atom. The minimum Gasteiger partial charge on any atom is -0.299 e. The molecule has 1 aliphatic carbocycles. The fourth-order valence-electron chi connectivity index (χ4n) is 3.96. The molecule has 0 saturated carbocycles. The second-order valence-electron chi connectivity index (χ2n) is 6.96. The minimum absolute atomic E-state index is 0. The highest BCUT2D eigenvalue weighted by atomic mass is 35.5. The van der Waals surface area contributed by atoms with Crippen LogP contribution in [-0.2, 0) is 0 Å². The highest BCUT2D eigenvalue weighted by molar-refractivity contribution is 7.11. The zero-order valence-corrected chi connectivity index (χ0v) is 16.2. The van der Waals surface area contributed by atoms with Crippen LogP contribution in [0.5, 0.6) is 0 Å². The summed E-state index contributed by atoms with van der Waals surface area (Å²) in [6, 6.07) is 15.3. The summed E-state index contributed by atoms with van der Waals surface area (Å²) in [7, 11) is 0. The van der Waals surface area contributed by atoms with E-state index in [1.165, 1.54) is 54.8 Å². The first-order valence-electron chi connectivity index (χ1n) is 9.08. The molecular formula is C22H26ClNS. The highest BCUT2D eigenvalue weighted by Gasteiger charge is 2.21. The largest absolute Gasteiger partial charge is 0.299 e. The van der Waals surface area contributed by atoms with E-state index in [-0.39, 0.29) is 12.4 Å². The average Bonchev–Trinajstić information content (AvgIpc) is 3.18. The molecule has 0 unspecified atom stereocenters. The van der Waals surface area contributed by atoms with Crippen molar-refractivity contribution in [1.82, 2.24) is 4.90 Å². The second kappa shape index (κ2) is 8.84. The zero-order valence-electron chi connectivity index (χ0n) is 14.6. The van der Waals surface area contributed by atoms with Gasteiger partial charge in [0.15, 0.2) is 0 Å². The molecule has 1 aliphatic heterocycles. The normalized spacial score (nSPS) is 21.2. The van der Waals surface area contributed by atoms with Crippen LogP contribution in [0.15, 0.2) is 60.0 Å². The first-order valence-corrected chi connectivity index (χ1v) is 9.96. The summed E-state index contributed by atoms with van der Waals surface area (Å²) in [5.41, 5.74) is 4.51. The summed E-state index contributed by atoms with van der Waals surface area (Å²) >= 11 is 1.88. The van der Waals surface area contributed by atoms with E-state index in [4.69, 9.17) is 0 Å². The number of rotatable bonds is 4. The molecule has 2 aromatic rings. The van der Waals surface area contributed by atoms with Gasteiger partial charge >= 0.3 is 0 Å². The molecule has 25 heavy (non-hydrogen) atoms. The fourth-order valence-corrected chi connectivity index (χ4v) is 4.74. The average molecular weight is 372 g/mol. The maximum absolute atomic E-state index is 2.65. The molecule has 0 radical (unpaired) electrons. The van der Waals surface area contributed by atoms with E-state index < -0.39 is 0 Å². The van der Waals surface area contributed by atoms with Gasteiger partial charge in [-0.15, -0.1) is 23.7 Å². The molecule has 0 saturated heterocycles. The van der Waals surface area contributed by atoms with Gasteiger partial charge in [0.25, 0.3) is 0 Å². The van der Waals surface area contributed by atoms with Gasteiger partial charge in [-0.2, -0.15) is 0 Å². The quantitative estimate of drug-likeness (QED) is 0.623. The number of benzene rings is 1. The van der Waals surface area contributed by atoms with Crippen LogP contribution in [0.25, 0.3) is 11.1 Å². The SMILES string of the molecule is C1=C(c2ccccc2)CCN(C[C@@H]2CCC=C(c3cccs3)C2)C1.Cl. The van der Waals surface area contributed by atoms with E-state index in [1.54, 1.807) is 5.57 Å². The summed E-state index contributed by atoms with van der Waals surface area (Å²) in [6.07, 6.45) is 9.94. The molecule has 4 rings (SSSR count). The molecular weight excluding hydrogens is 346 g/mol. The molecule has 0 spiro atoms. The summed E-state index contributed by atoms with van der Waals surface area (Å²) < 4.78 is 0. The molecule has 0 bridgehead atoms. The molecule has 0 fully saturated rings. The van der Waals surface area contributed by atoms with Crippen molar-refractivity contribution in [3.05, 3.63) is 70.4 Å². The van der Waals surface area contributed by atoms with Crippen LogP contribution < -0.4 is 0 Å². The monoisotopic (exact) mass is 371 g/mol. The number of allylic oxidation sites excluding steroid dienone is 2. The van der Waals surface area contributed by atoms with E-state index in [9.17, 15) is 0 Å². The molecule has 0 N–H and O–H groups in total. The van der Waals surface area contributed by atoms with Gasteiger partial charge in [0.1, 0.15) is 0 Å². The minimum atomic E-state index is 0. The number of hydrogen-bond acceptors (Lipinski definition) is 2. The van der Waals surface area contributed by atoms with Gasteiger partial charge < -0.3 is 0 Å². The van der Waals surface area contributed by atoms with Crippen molar-refractivity contribution >= 4 is 34.9 Å². The second-order valence-corrected chi connectivity index (χ2v) is 7.91. The predicted molar refractivity (Wildman–Crippen MR) is 112 cm³/mol. The Labute approximate surface area is 161 Å². The number of nitrogens with zero attached hydrogens (tertiary/aromatic N) is 1. The lowest BCUT2D eigenvalue weighted by Gasteiger charge is -2.32. The lowest BCUT2D eigenvalue weighted by molar-refractivity contribution is 0.244. The van der Waals surface area contributed by atoms with Crippen LogP contribution in [0.1, 0.15) is 36.1 Å². The Morgan fingerprint density at radius 3 is 2.60 bits per heavy atom. The van der Waals surface area contributed by atoms with Crippen LogP contribution in [0.3, 0.4) is 0 Å². The van der Waals surface area contributed by atoms with E-state index in [1.807, 2.05) is 11.3 Å². The number of halogens is 1. The van der Waals surface area contributed by atoms with E-state index in [0.29, 0.717) is 0 Å². The Balaban J connectivity index is 0.00000182. The first kappa shape index (κ1) is 18.4. The highest BCUT2D eigenvalue weighted by Crippen LogP contribution is 2.34. The van der Waals surface area contributed by atoms with Gasteiger partial charge in [-0.3, -0.25) is 4.90 Å². The summed E-state index contributed by atoms with van der Waals surface area (Å²) in [5.74, 6) is 0.818. The van der Waals surface area contributed by atoms with Gasteiger partial charge in [-0.25, -0.2) is 0 Å². The third-order valence-corrected chi connectivity index (χ3v) is 6.21. The lowest BCUT2D eigenvalue weighted by Crippen LogP contribution is -2.33. The van der Waals surface area contributed by atoms with Crippen molar-refractivity contribution in [3.8, 4) is 0 Å². The summed E-state index contributed by atoms with van der Waals surface area (Å²) in [5, 5.41) is 2.19. The Bertz CT molecular complexity index is 718. The molecule has 1 nitrogen and oxygen atoms in total. The molecule has 1 aromatic carbocycles. The maximum atomic E-state index is 2.65. The Morgan fingerprint density at radius 1 is 1.00 bits per heavy atom. The van der Waals surface area contributed by atoms with Crippen molar-refractivity contribution in [2.75, 3.05) is 19.6 Å². The zero-order chi connectivity index (χ0) is 16.2. The van der Waals surface area contributed by atoms with Crippen molar-refractivity contribution in [1.29, 1.82) is 0 Å². The fraction of sp³-hybridized carbons (Fsp3) is 0.364. The standard InChI is InChI=1S/C22H25NS.ClH/c1-2-7-19(8-3-1)20-11-13-23(14-12-20)17-18-6-4-9-21(16-18)22-10-5-15-24-22;/h1-3,5,7-11,15,18H,4,6,12-14,16-17H2;1H/t18-;/m1./s1. The Hall–Kier alpha value is -1.35. The summed E-state index contributed by atoms with van der Waals surface area (Å²) in [4.78, 5) is 4.12. The van der Waals surface area contributed by atoms with Crippen LogP contribution in [0.2, 0.25) is 0 Å². The van der Waals surface area contributed by atoms with Gasteiger partial charge in [-0.1, -0.05) is 48.6 Å². The molecule has 2 heterocycles. The molecule has 2 aliphatic rings. The number of thiophene rings is 1. The van der Waals surface area contributed by atoms with Gasteiger partial charge in [0, 0.05) is 24.5 Å². The smallest absolute Gasteiger partial charge is 0.0299 e. The van der Waals surface area contributed by atoms with Gasteiger partial charge in [0.05, 0.1) is 0 Å². The van der Waals surface area contributed by atoms with Crippen LogP contribution >= 0.6 is 23.7 Å². The molecule has 1 atom stereocenters. The van der Waals surface area contributed by atoms with Crippen LogP contribution in [0.4, 0.5) is 0 Å². The third-order valence-electron chi connectivity index (χ3n) is 5.27. The van der Waals surface area contributed by atoms with E-state index in [0.717, 1.165) is 12.5 Å². The first-order chi connectivity index (χ1) is 11.9. The molecule has 1 aromatic heterocycles. The van der Waals surface area contributed by atoms with Crippen molar-refractivity contribution in [3.63, 3.8) is 0 Å². The molecule has 132 valence electrons. The van der Waals surface area contributed by atoms with Crippen LogP contribution in [-0.4, -0.2) is 24.5 Å². The van der Waals surface area contributed by atoms with Gasteiger partial charge in [0.2, 0.25) is 0 Å². The van der Waals surface area contributed by atoms with E-state index >= 15 is 0 Å². The number of hydrogen-bond donors (Lipinski definition) is 0. The molecule has 0 amide bonds. The maximum Gasteiger partial charge on any atom is 0.0299 e. The van der Waals surface area contributed by atoms with Crippen molar-refractivity contribution in [2.24, 2.45) is 5.92 Å². The van der Waals surface area contributed by atoms with Crippen molar-refractivity contribution < 1.29 is 0 Å². The topological polar surface area (TPSA) is 3.24 Å². The lowest BCUT2D eigenvalue weighted by atomic mass is 9.87. The van der Waals surface area contributed by atoms with E-state index in [2.05, 4.69) is 64.9 Å². The Kier molecular flexibility index (Phi) is 6.52.